The van der Waals surface area contributed by atoms with Gasteiger partial charge in [-0.25, -0.2) is 8.42 Å². The number of carbonyl (C=O) groups excluding carboxylic acids is 1. The summed E-state index contributed by atoms with van der Waals surface area (Å²) in [6.45, 7) is 5.44. The second-order valence-corrected chi connectivity index (χ2v) is 10.1. The topological polar surface area (TPSA) is 78.5 Å². The maximum atomic E-state index is 12.8. The van der Waals surface area contributed by atoms with E-state index in [9.17, 15) is 13.2 Å². The Bertz CT molecular complexity index is 1220. The van der Waals surface area contributed by atoms with Crippen LogP contribution in [0.2, 0.25) is 0 Å². The Hall–Kier alpha value is -3.16. The van der Waals surface area contributed by atoms with Crippen LogP contribution in [0.1, 0.15) is 39.9 Å². The molecule has 0 atom stereocenters. The smallest absolute Gasteiger partial charge is 0.261 e. The molecule has 33 heavy (non-hydrogen) atoms. The van der Waals surface area contributed by atoms with Crippen LogP contribution in [0.5, 0.6) is 0 Å². The number of carbonyl (C=O) groups is 1. The maximum Gasteiger partial charge on any atom is 0.261 e. The van der Waals surface area contributed by atoms with Crippen molar-refractivity contribution >= 4 is 21.6 Å². The van der Waals surface area contributed by atoms with Crippen LogP contribution in [-0.2, 0) is 23.1 Å². The average Bonchev–Trinajstić information content (AvgIpc) is 3.31. The Balaban J connectivity index is 1.42. The lowest BCUT2D eigenvalue weighted by atomic mass is 10.1. The molecule has 7 heteroatoms. The zero-order valence-corrected chi connectivity index (χ0v) is 19.6. The van der Waals surface area contributed by atoms with E-state index in [1.54, 1.807) is 48.5 Å². The molecule has 172 valence electrons. The fraction of sp³-hybridized carbons (Fsp3) is 0.269. The van der Waals surface area contributed by atoms with Crippen molar-refractivity contribution in [3.63, 3.8) is 0 Å². The van der Waals surface area contributed by atoms with Crippen LogP contribution < -0.4 is 10.0 Å². The maximum absolute atomic E-state index is 12.8. The minimum absolute atomic E-state index is 0.178. The third-order valence-corrected chi connectivity index (χ3v) is 7.26. The first-order valence-electron chi connectivity index (χ1n) is 11.2. The molecular formula is C26H29N3O3S. The van der Waals surface area contributed by atoms with Crippen LogP contribution in [0.25, 0.3) is 0 Å². The van der Waals surface area contributed by atoms with Crippen molar-refractivity contribution in [2.24, 2.45) is 0 Å². The van der Waals surface area contributed by atoms with E-state index in [2.05, 4.69) is 21.0 Å². The Morgan fingerprint density at radius 3 is 2.33 bits per heavy atom. The number of nitrogens with one attached hydrogen (secondary N) is 2. The highest BCUT2D eigenvalue weighted by Gasteiger charge is 2.16. The molecule has 1 aliphatic rings. The van der Waals surface area contributed by atoms with Crippen molar-refractivity contribution in [2.45, 2.75) is 37.8 Å². The normalized spacial score (nSPS) is 14.2. The molecule has 1 heterocycles. The van der Waals surface area contributed by atoms with Crippen LogP contribution in [0.4, 0.5) is 5.69 Å². The summed E-state index contributed by atoms with van der Waals surface area (Å²) in [4.78, 5) is 15.4. The lowest BCUT2D eigenvalue weighted by Gasteiger charge is -2.18. The van der Waals surface area contributed by atoms with Crippen molar-refractivity contribution in [2.75, 3.05) is 17.8 Å². The lowest BCUT2D eigenvalue weighted by Crippen LogP contribution is -2.25. The van der Waals surface area contributed by atoms with E-state index in [1.807, 2.05) is 25.1 Å². The summed E-state index contributed by atoms with van der Waals surface area (Å²) in [5.74, 6) is -0.248. The summed E-state index contributed by atoms with van der Waals surface area (Å²) in [5, 5.41) is 2.97. The summed E-state index contributed by atoms with van der Waals surface area (Å²) in [6, 6.07) is 21.3. The van der Waals surface area contributed by atoms with E-state index in [0.717, 1.165) is 30.8 Å². The third kappa shape index (κ3) is 6.00. The number of nitrogens with zero attached hydrogens (tertiary/aromatic N) is 1. The molecule has 0 spiro atoms. The third-order valence-electron chi connectivity index (χ3n) is 5.86. The number of benzene rings is 3. The van der Waals surface area contributed by atoms with Crippen molar-refractivity contribution < 1.29 is 13.2 Å². The largest absolute Gasteiger partial charge is 0.348 e. The fourth-order valence-electron chi connectivity index (χ4n) is 4.00. The van der Waals surface area contributed by atoms with E-state index >= 15 is 0 Å². The van der Waals surface area contributed by atoms with Gasteiger partial charge in [-0.15, -0.1) is 0 Å². The SMILES string of the molecule is Cc1ccc(S(=O)(=O)Nc2cccc(C(=O)NCc3ccccc3CN3CCCC3)c2)cc1. The van der Waals surface area contributed by atoms with Crippen molar-refractivity contribution in [1.29, 1.82) is 0 Å². The zero-order valence-electron chi connectivity index (χ0n) is 18.8. The van der Waals surface area contributed by atoms with Gasteiger partial charge in [-0.3, -0.25) is 14.4 Å². The van der Waals surface area contributed by atoms with Crippen LogP contribution >= 0.6 is 0 Å². The number of amides is 1. The van der Waals surface area contributed by atoms with E-state index in [0.29, 0.717) is 17.8 Å². The van der Waals surface area contributed by atoms with Gasteiger partial charge in [0, 0.05) is 24.3 Å². The van der Waals surface area contributed by atoms with Gasteiger partial charge in [0.15, 0.2) is 0 Å². The van der Waals surface area contributed by atoms with Gasteiger partial charge in [0.2, 0.25) is 0 Å². The van der Waals surface area contributed by atoms with Crippen molar-refractivity contribution in [3.8, 4) is 0 Å². The van der Waals surface area contributed by atoms with Gasteiger partial charge >= 0.3 is 0 Å². The molecule has 0 saturated carbocycles. The van der Waals surface area contributed by atoms with E-state index < -0.39 is 10.0 Å². The monoisotopic (exact) mass is 463 g/mol. The fourth-order valence-corrected chi connectivity index (χ4v) is 5.05. The van der Waals surface area contributed by atoms with E-state index in [1.165, 1.54) is 18.4 Å². The van der Waals surface area contributed by atoms with Crippen molar-refractivity contribution in [1.82, 2.24) is 10.2 Å². The second-order valence-electron chi connectivity index (χ2n) is 8.43. The minimum Gasteiger partial charge on any atom is -0.348 e. The molecule has 1 aliphatic heterocycles. The zero-order chi connectivity index (χ0) is 23.3. The Morgan fingerprint density at radius 2 is 1.61 bits per heavy atom. The van der Waals surface area contributed by atoms with E-state index in [-0.39, 0.29) is 10.8 Å². The lowest BCUT2D eigenvalue weighted by molar-refractivity contribution is 0.0950. The molecule has 3 aromatic rings. The quantitative estimate of drug-likeness (QED) is 0.521. The molecular weight excluding hydrogens is 434 g/mol. The molecule has 2 N–H and O–H groups in total. The van der Waals surface area contributed by atoms with Crippen LogP contribution in [-0.4, -0.2) is 32.3 Å². The van der Waals surface area contributed by atoms with Crippen LogP contribution in [0, 0.1) is 6.92 Å². The standard InChI is InChI=1S/C26H29N3O3S/c1-20-11-13-25(14-12-20)33(31,32)28-24-10-6-9-21(17-24)26(30)27-18-22-7-2-3-8-23(22)19-29-15-4-5-16-29/h2-3,6-14,17,28H,4-5,15-16,18-19H2,1H3,(H,27,30). The number of hydrogen-bond acceptors (Lipinski definition) is 4. The number of sulfonamides is 1. The molecule has 4 rings (SSSR count). The molecule has 6 nitrogen and oxygen atoms in total. The first kappa shape index (κ1) is 23.0. The molecule has 1 fully saturated rings. The van der Waals surface area contributed by atoms with Gasteiger partial charge in [0.05, 0.1) is 4.90 Å². The van der Waals surface area contributed by atoms with Crippen LogP contribution in [0.15, 0.2) is 77.7 Å². The highest BCUT2D eigenvalue weighted by molar-refractivity contribution is 7.92. The molecule has 0 aromatic heterocycles. The average molecular weight is 464 g/mol. The second kappa shape index (κ2) is 10.2. The van der Waals surface area contributed by atoms with Gasteiger partial charge in [-0.2, -0.15) is 0 Å². The summed E-state index contributed by atoms with van der Waals surface area (Å²) >= 11 is 0. The van der Waals surface area contributed by atoms with Gasteiger partial charge < -0.3 is 5.32 Å². The number of aryl methyl sites for hydroxylation is 1. The molecule has 0 radical (unpaired) electrons. The summed E-state index contributed by atoms with van der Waals surface area (Å²) in [6.07, 6.45) is 2.48. The molecule has 1 amide bonds. The highest BCUT2D eigenvalue weighted by Crippen LogP contribution is 2.19. The summed E-state index contributed by atoms with van der Waals surface area (Å²) in [5.41, 5.74) is 4.04. The minimum atomic E-state index is -3.73. The number of hydrogen-bond donors (Lipinski definition) is 2. The molecule has 0 unspecified atom stereocenters. The predicted octanol–water partition coefficient (Wildman–Crippen LogP) is 4.32. The van der Waals surface area contributed by atoms with Crippen molar-refractivity contribution in [3.05, 3.63) is 95.1 Å². The molecule has 0 bridgehead atoms. The Morgan fingerprint density at radius 1 is 0.909 bits per heavy atom. The predicted molar refractivity (Wildman–Crippen MR) is 131 cm³/mol. The van der Waals surface area contributed by atoms with E-state index in [4.69, 9.17) is 0 Å². The van der Waals surface area contributed by atoms with Gasteiger partial charge in [0.25, 0.3) is 15.9 Å². The summed E-state index contributed by atoms with van der Waals surface area (Å²) in [7, 11) is -3.73. The van der Waals surface area contributed by atoms with Gasteiger partial charge in [-0.1, -0.05) is 48.0 Å². The number of rotatable bonds is 8. The van der Waals surface area contributed by atoms with Gasteiger partial charge in [-0.05, 0) is 74.3 Å². The number of anilines is 1. The Kier molecular flexibility index (Phi) is 7.11. The number of likely N-dealkylation sites (tertiary alicyclic amines) is 1. The molecule has 1 saturated heterocycles. The van der Waals surface area contributed by atoms with Gasteiger partial charge in [0.1, 0.15) is 0 Å². The summed E-state index contributed by atoms with van der Waals surface area (Å²) < 4.78 is 27.9. The first-order chi connectivity index (χ1) is 15.9. The molecule has 0 aliphatic carbocycles. The Labute approximate surface area is 195 Å². The molecule has 3 aromatic carbocycles. The highest BCUT2D eigenvalue weighted by atomic mass is 32.2. The first-order valence-corrected chi connectivity index (χ1v) is 12.7. The van der Waals surface area contributed by atoms with Crippen LogP contribution in [0.3, 0.4) is 0 Å².